The molecule has 0 saturated heterocycles. The molecule has 6 heteroatoms. The molecule has 18 heavy (non-hydrogen) atoms. The average Bonchev–Trinajstić information content (AvgIpc) is 2.74. The average molecular weight is 253 g/mol. The molecule has 1 atom stereocenters. The SMILES string of the molecule is CN=C(NCCn1cc(C)cn1)NC(C)COC. The summed E-state index contributed by atoms with van der Waals surface area (Å²) in [5.41, 5.74) is 1.17. The smallest absolute Gasteiger partial charge is 0.191 e. The van der Waals surface area contributed by atoms with Crippen LogP contribution < -0.4 is 10.6 Å². The van der Waals surface area contributed by atoms with Gasteiger partial charge in [-0.3, -0.25) is 9.67 Å². The minimum absolute atomic E-state index is 0.230. The highest BCUT2D eigenvalue weighted by atomic mass is 16.5. The van der Waals surface area contributed by atoms with Gasteiger partial charge in [0.1, 0.15) is 0 Å². The van der Waals surface area contributed by atoms with Crippen molar-refractivity contribution in [3.05, 3.63) is 18.0 Å². The van der Waals surface area contributed by atoms with Gasteiger partial charge in [0.2, 0.25) is 0 Å². The van der Waals surface area contributed by atoms with Crippen LogP contribution in [0.2, 0.25) is 0 Å². The van der Waals surface area contributed by atoms with E-state index in [2.05, 4.69) is 20.7 Å². The van der Waals surface area contributed by atoms with Crippen LogP contribution in [0.25, 0.3) is 0 Å². The highest BCUT2D eigenvalue weighted by Crippen LogP contribution is 1.92. The molecule has 2 N–H and O–H groups in total. The van der Waals surface area contributed by atoms with E-state index in [-0.39, 0.29) is 6.04 Å². The molecule has 0 aliphatic rings. The van der Waals surface area contributed by atoms with Crippen molar-refractivity contribution in [2.75, 3.05) is 27.3 Å². The zero-order valence-corrected chi connectivity index (χ0v) is 11.6. The summed E-state index contributed by atoms with van der Waals surface area (Å²) in [6.07, 6.45) is 3.87. The molecular weight excluding hydrogens is 230 g/mol. The van der Waals surface area contributed by atoms with Crippen LogP contribution >= 0.6 is 0 Å². The van der Waals surface area contributed by atoms with Crippen molar-refractivity contribution >= 4 is 5.96 Å². The van der Waals surface area contributed by atoms with Crippen LogP contribution in [0.3, 0.4) is 0 Å². The highest BCUT2D eigenvalue weighted by Gasteiger charge is 2.03. The van der Waals surface area contributed by atoms with Crippen molar-refractivity contribution in [2.45, 2.75) is 26.4 Å². The number of methoxy groups -OCH3 is 1. The molecule has 6 nitrogen and oxygen atoms in total. The molecule has 0 aliphatic carbocycles. The summed E-state index contributed by atoms with van der Waals surface area (Å²) in [5.74, 6) is 0.781. The Bertz CT molecular complexity index is 374. The van der Waals surface area contributed by atoms with Gasteiger partial charge in [0.25, 0.3) is 0 Å². The molecule has 0 amide bonds. The van der Waals surface area contributed by atoms with Crippen LogP contribution in [0.1, 0.15) is 12.5 Å². The molecule has 0 aliphatic heterocycles. The predicted octanol–water partition coefficient (Wildman–Crippen LogP) is 0.391. The summed E-state index contributed by atoms with van der Waals surface area (Å²) < 4.78 is 6.98. The Hall–Kier alpha value is -1.56. The van der Waals surface area contributed by atoms with Crippen molar-refractivity contribution in [1.29, 1.82) is 0 Å². The quantitative estimate of drug-likeness (QED) is 0.569. The second-order valence-electron chi connectivity index (χ2n) is 4.28. The molecule has 0 radical (unpaired) electrons. The van der Waals surface area contributed by atoms with Crippen LogP contribution in [0.15, 0.2) is 17.4 Å². The topological polar surface area (TPSA) is 63.5 Å². The van der Waals surface area contributed by atoms with E-state index in [4.69, 9.17) is 4.74 Å². The van der Waals surface area contributed by atoms with E-state index < -0.39 is 0 Å². The van der Waals surface area contributed by atoms with Gasteiger partial charge in [-0.05, 0) is 19.4 Å². The van der Waals surface area contributed by atoms with Gasteiger partial charge in [0, 0.05) is 32.9 Å². The van der Waals surface area contributed by atoms with Gasteiger partial charge in [-0.25, -0.2) is 0 Å². The minimum atomic E-state index is 0.230. The summed E-state index contributed by atoms with van der Waals surface area (Å²) in [7, 11) is 3.45. The van der Waals surface area contributed by atoms with Crippen LogP contribution in [0.4, 0.5) is 0 Å². The molecule has 102 valence electrons. The standard InChI is InChI=1S/C12H23N5O/c1-10-7-15-17(8-10)6-5-14-12(13-3)16-11(2)9-18-4/h7-8,11H,5-6,9H2,1-4H3,(H2,13,14,16). The lowest BCUT2D eigenvalue weighted by Gasteiger charge is -2.17. The van der Waals surface area contributed by atoms with Crippen LogP contribution in [-0.2, 0) is 11.3 Å². The van der Waals surface area contributed by atoms with E-state index in [1.54, 1.807) is 14.2 Å². The first-order valence-electron chi connectivity index (χ1n) is 6.11. The third-order valence-electron chi connectivity index (χ3n) is 2.42. The van der Waals surface area contributed by atoms with Crippen LogP contribution in [0.5, 0.6) is 0 Å². The van der Waals surface area contributed by atoms with E-state index in [1.165, 1.54) is 5.56 Å². The van der Waals surface area contributed by atoms with Gasteiger partial charge in [-0.15, -0.1) is 0 Å². The number of aromatic nitrogens is 2. The fraction of sp³-hybridized carbons (Fsp3) is 0.667. The second-order valence-corrected chi connectivity index (χ2v) is 4.28. The Kier molecular flexibility index (Phi) is 6.21. The Morgan fingerprint density at radius 2 is 2.39 bits per heavy atom. The summed E-state index contributed by atoms with van der Waals surface area (Å²) >= 11 is 0. The normalized spacial score (nSPS) is 13.4. The monoisotopic (exact) mass is 253 g/mol. The Morgan fingerprint density at radius 1 is 1.61 bits per heavy atom. The van der Waals surface area contributed by atoms with Crippen molar-refractivity contribution in [1.82, 2.24) is 20.4 Å². The first-order valence-corrected chi connectivity index (χ1v) is 6.11. The largest absolute Gasteiger partial charge is 0.383 e. The molecular formula is C12H23N5O. The van der Waals surface area contributed by atoms with Gasteiger partial charge >= 0.3 is 0 Å². The molecule has 1 aromatic rings. The number of hydrogen-bond acceptors (Lipinski definition) is 3. The molecule has 1 unspecified atom stereocenters. The number of nitrogens with one attached hydrogen (secondary N) is 2. The molecule has 0 fully saturated rings. The van der Waals surface area contributed by atoms with E-state index in [1.807, 2.05) is 30.9 Å². The summed E-state index contributed by atoms with van der Waals surface area (Å²) in [6.45, 7) is 6.32. The third-order valence-corrected chi connectivity index (χ3v) is 2.42. The van der Waals surface area contributed by atoms with Crippen LogP contribution in [-0.4, -0.2) is 49.1 Å². The lowest BCUT2D eigenvalue weighted by molar-refractivity contribution is 0.179. The molecule has 0 saturated carbocycles. The molecule has 1 aromatic heterocycles. The van der Waals surface area contributed by atoms with Gasteiger partial charge in [-0.2, -0.15) is 5.10 Å². The van der Waals surface area contributed by atoms with Gasteiger partial charge in [0.15, 0.2) is 5.96 Å². The Labute approximate surface area is 108 Å². The zero-order chi connectivity index (χ0) is 13.4. The van der Waals surface area contributed by atoms with Crippen molar-refractivity contribution < 1.29 is 4.74 Å². The maximum Gasteiger partial charge on any atom is 0.191 e. The number of hydrogen-bond donors (Lipinski definition) is 2. The van der Waals surface area contributed by atoms with E-state index >= 15 is 0 Å². The maximum absolute atomic E-state index is 5.07. The van der Waals surface area contributed by atoms with E-state index in [0.29, 0.717) is 6.61 Å². The first kappa shape index (κ1) is 14.5. The third kappa shape index (κ3) is 5.18. The molecule has 0 spiro atoms. The Morgan fingerprint density at radius 3 is 2.94 bits per heavy atom. The zero-order valence-electron chi connectivity index (χ0n) is 11.6. The fourth-order valence-electron chi connectivity index (χ4n) is 1.60. The fourth-order valence-corrected chi connectivity index (χ4v) is 1.60. The highest BCUT2D eigenvalue weighted by molar-refractivity contribution is 5.79. The lowest BCUT2D eigenvalue weighted by Crippen LogP contribution is -2.44. The number of guanidine groups is 1. The molecule has 0 aromatic carbocycles. The molecule has 1 rings (SSSR count). The Balaban J connectivity index is 2.27. The molecule has 1 heterocycles. The summed E-state index contributed by atoms with van der Waals surface area (Å²) in [4.78, 5) is 4.16. The van der Waals surface area contributed by atoms with Gasteiger partial charge < -0.3 is 15.4 Å². The summed E-state index contributed by atoms with van der Waals surface area (Å²) in [5, 5.41) is 10.7. The first-order chi connectivity index (χ1) is 8.65. The van der Waals surface area contributed by atoms with E-state index in [0.717, 1.165) is 19.0 Å². The predicted molar refractivity (Wildman–Crippen MR) is 72.8 cm³/mol. The van der Waals surface area contributed by atoms with Gasteiger partial charge in [-0.1, -0.05) is 0 Å². The second kappa shape index (κ2) is 7.71. The maximum atomic E-state index is 5.07. The summed E-state index contributed by atoms with van der Waals surface area (Å²) in [6, 6.07) is 0.230. The number of aliphatic imine (C=N–C) groups is 1. The number of aryl methyl sites for hydroxylation is 1. The van der Waals surface area contributed by atoms with Crippen molar-refractivity contribution in [3.63, 3.8) is 0 Å². The van der Waals surface area contributed by atoms with E-state index in [9.17, 15) is 0 Å². The number of rotatable bonds is 6. The van der Waals surface area contributed by atoms with Crippen LogP contribution in [0, 0.1) is 6.92 Å². The van der Waals surface area contributed by atoms with Crippen molar-refractivity contribution in [3.8, 4) is 0 Å². The number of nitrogens with zero attached hydrogens (tertiary/aromatic N) is 3. The number of ether oxygens (including phenoxy) is 1. The minimum Gasteiger partial charge on any atom is -0.383 e. The van der Waals surface area contributed by atoms with Gasteiger partial charge in [0.05, 0.1) is 19.3 Å². The lowest BCUT2D eigenvalue weighted by atomic mass is 10.4. The van der Waals surface area contributed by atoms with Crippen molar-refractivity contribution in [2.24, 2.45) is 4.99 Å². The molecule has 0 bridgehead atoms.